The van der Waals surface area contributed by atoms with Crippen LogP contribution in [0, 0.1) is 0 Å². The highest BCUT2D eigenvalue weighted by Gasteiger charge is 2.54. The molecule has 0 fully saturated rings. The quantitative estimate of drug-likeness (QED) is 0.433. The molecule has 0 unspecified atom stereocenters. The van der Waals surface area contributed by atoms with Crippen LogP contribution in [0.5, 0.6) is 11.5 Å². The fourth-order valence-electron chi connectivity index (χ4n) is 5.40. The van der Waals surface area contributed by atoms with Crippen molar-refractivity contribution in [3.8, 4) is 11.5 Å². The Morgan fingerprint density at radius 2 is 1.31 bits per heavy atom. The first-order valence-corrected chi connectivity index (χ1v) is 12.5. The van der Waals surface area contributed by atoms with E-state index in [2.05, 4.69) is 37.5 Å². The number of carbonyl (C=O) groups is 2. The van der Waals surface area contributed by atoms with E-state index in [0.29, 0.717) is 33.8 Å². The van der Waals surface area contributed by atoms with E-state index in [0.717, 1.165) is 37.6 Å². The highest BCUT2D eigenvalue weighted by Crippen LogP contribution is 2.57. The molecule has 3 aromatic rings. The number of carboxylic acids is 1. The van der Waals surface area contributed by atoms with Gasteiger partial charge in [-0.2, -0.15) is 0 Å². The van der Waals surface area contributed by atoms with Crippen molar-refractivity contribution in [2.45, 2.75) is 33.3 Å². The summed E-state index contributed by atoms with van der Waals surface area (Å²) in [6, 6.07) is 16.3. The summed E-state index contributed by atoms with van der Waals surface area (Å²) in [6.45, 7) is 11.7. The lowest BCUT2D eigenvalue weighted by Gasteiger charge is -2.38. The van der Waals surface area contributed by atoms with Gasteiger partial charge < -0.3 is 24.4 Å². The van der Waals surface area contributed by atoms with Crippen LogP contribution < -0.4 is 14.5 Å². The minimum absolute atomic E-state index is 0.0977. The Morgan fingerprint density at radius 3 is 1.78 bits per heavy atom. The van der Waals surface area contributed by atoms with Crippen LogP contribution in [0.2, 0.25) is 0 Å². The monoisotopic (exact) mass is 486 g/mol. The van der Waals surface area contributed by atoms with Gasteiger partial charge in [0.1, 0.15) is 11.5 Å². The molecule has 2 aliphatic rings. The number of fused-ring (bicyclic) bond motifs is 6. The van der Waals surface area contributed by atoms with Crippen molar-refractivity contribution in [3.05, 3.63) is 82.4 Å². The van der Waals surface area contributed by atoms with Crippen molar-refractivity contribution in [3.63, 3.8) is 0 Å². The Morgan fingerprint density at radius 1 is 0.778 bits per heavy atom. The van der Waals surface area contributed by atoms with Gasteiger partial charge in [0.25, 0.3) is 0 Å². The molecule has 186 valence electrons. The van der Waals surface area contributed by atoms with E-state index in [1.54, 1.807) is 12.1 Å². The summed E-state index contributed by atoms with van der Waals surface area (Å²) in [6.07, 6.45) is 0. The first-order chi connectivity index (χ1) is 17.4. The van der Waals surface area contributed by atoms with Gasteiger partial charge in [0.15, 0.2) is 5.60 Å². The molecule has 5 rings (SSSR count). The Balaban J connectivity index is 1.80. The topological polar surface area (TPSA) is 79.3 Å². The third kappa shape index (κ3) is 3.41. The van der Waals surface area contributed by atoms with Crippen LogP contribution in [0.25, 0.3) is 0 Å². The number of aromatic carboxylic acids is 1. The zero-order valence-electron chi connectivity index (χ0n) is 21.0. The average molecular weight is 487 g/mol. The zero-order chi connectivity index (χ0) is 25.6. The highest BCUT2D eigenvalue weighted by molar-refractivity contribution is 5.99. The Bertz CT molecular complexity index is 1300. The van der Waals surface area contributed by atoms with E-state index in [4.69, 9.17) is 9.47 Å². The van der Waals surface area contributed by atoms with Gasteiger partial charge in [0, 0.05) is 66.4 Å². The Hall–Kier alpha value is -4.00. The van der Waals surface area contributed by atoms with Crippen molar-refractivity contribution < 1.29 is 24.2 Å². The van der Waals surface area contributed by atoms with Gasteiger partial charge in [-0.1, -0.05) is 0 Å². The van der Waals surface area contributed by atoms with Crippen LogP contribution >= 0.6 is 0 Å². The number of benzene rings is 3. The van der Waals surface area contributed by atoms with Crippen LogP contribution in [-0.2, 0) is 10.3 Å². The third-order valence-electron chi connectivity index (χ3n) is 7.28. The molecule has 0 aliphatic carbocycles. The molecule has 2 aliphatic heterocycles. The van der Waals surface area contributed by atoms with Crippen molar-refractivity contribution in [1.82, 2.24) is 0 Å². The zero-order valence-corrected chi connectivity index (χ0v) is 21.0. The van der Waals surface area contributed by atoms with Crippen molar-refractivity contribution in [1.29, 1.82) is 0 Å². The van der Waals surface area contributed by atoms with Crippen molar-refractivity contribution >= 4 is 23.3 Å². The van der Waals surface area contributed by atoms with E-state index in [9.17, 15) is 14.7 Å². The van der Waals surface area contributed by atoms with E-state index >= 15 is 0 Å². The SMILES string of the molecule is CCN(CC)c1ccc2c(c1)Oc1cc(N(CC)CC)ccc1C21OC(=O)c2ccc(C(=O)O)cc21. The van der Waals surface area contributed by atoms with Crippen LogP contribution in [0.1, 0.15) is 65.1 Å². The molecule has 0 aromatic heterocycles. The molecular formula is C29H30N2O5. The number of anilines is 2. The van der Waals surface area contributed by atoms with Gasteiger partial charge >= 0.3 is 11.9 Å². The molecule has 3 aromatic carbocycles. The van der Waals surface area contributed by atoms with Crippen LogP contribution in [0.15, 0.2) is 54.6 Å². The summed E-state index contributed by atoms with van der Waals surface area (Å²) in [5.41, 5.74) is 3.03. The number of ether oxygens (including phenoxy) is 2. The molecule has 0 radical (unpaired) electrons. The van der Waals surface area contributed by atoms with Gasteiger partial charge in [-0.05, 0) is 70.2 Å². The number of hydrogen-bond donors (Lipinski definition) is 1. The van der Waals surface area contributed by atoms with Gasteiger partial charge in [0.05, 0.1) is 11.1 Å². The number of rotatable bonds is 7. The van der Waals surface area contributed by atoms with Crippen molar-refractivity contribution in [2.24, 2.45) is 0 Å². The summed E-state index contributed by atoms with van der Waals surface area (Å²) in [5.74, 6) is -0.370. The molecule has 0 atom stereocenters. The Labute approximate surface area is 210 Å². The molecule has 0 saturated heterocycles. The molecule has 7 heteroatoms. The molecule has 36 heavy (non-hydrogen) atoms. The Kier molecular flexibility index (Phi) is 5.86. The van der Waals surface area contributed by atoms with Gasteiger partial charge in [-0.3, -0.25) is 0 Å². The van der Waals surface area contributed by atoms with Gasteiger partial charge in [0.2, 0.25) is 0 Å². The summed E-state index contributed by atoms with van der Waals surface area (Å²) >= 11 is 0. The molecular weight excluding hydrogens is 456 g/mol. The van der Waals surface area contributed by atoms with E-state index in [1.807, 2.05) is 36.4 Å². The maximum absolute atomic E-state index is 13.1. The second-order valence-electron chi connectivity index (χ2n) is 8.94. The summed E-state index contributed by atoms with van der Waals surface area (Å²) in [7, 11) is 0. The molecule has 0 amide bonds. The lowest BCUT2D eigenvalue weighted by Crippen LogP contribution is -2.34. The normalized spacial score (nSPS) is 14.4. The smallest absolute Gasteiger partial charge is 0.340 e. The lowest BCUT2D eigenvalue weighted by molar-refractivity contribution is 0.0224. The maximum Gasteiger partial charge on any atom is 0.340 e. The lowest BCUT2D eigenvalue weighted by atomic mass is 9.77. The largest absolute Gasteiger partial charge is 0.478 e. The molecule has 7 nitrogen and oxygen atoms in total. The minimum Gasteiger partial charge on any atom is -0.478 e. The molecule has 0 bridgehead atoms. The first kappa shape index (κ1) is 23.7. The maximum atomic E-state index is 13.1. The van der Waals surface area contributed by atoms with Gasteiger partial charge in [-0.15, -0.1) is 0 Å². The fraction of sp³-hybridized carbons (Fsp3) is 0.310. The summed E-state index contributed by atoms with van der Waals surface area (Å²) in [5, 5.41) is 9.70. The standard InChI is InChI=1S/C29H30N2O5/c1-5-30(6-2)19-10-13-22-25(16-19)35-26-17-20(31(7-3)8-4)11-14-23(26)29(22)24-15-18(27(32)33)9-12-21(24)28(34)36-29/h9-17H,5-8H2,1-4H3,(H,32,33). The highest BCUT2D eigenvalue weighted by atomic mass is 16.6. The second-order valence-corrected chi connectivity index (χ2v) is 8.94. The number of esters is 1. The van der Waals surface area contributed by atoms with E-state index < -0.39 is 17.5 Å². The molecule has 0 saturated carbocycles. The number of carboxylic acid groups (broad SMARTS) is 1. The van der Waals surface area contributed by atoms with Gasteiger partial charge in [-0.25, -0.2) is 9.59 Å². The third-order valence-corrected chi connectivity index (χ3v) is 7.28. The fourth-order valence-corrected chi connectivity index (χ4v) is 5.40. The molecule has 1 spiro atoms. The van der Waals surface area contributed by atoms with Crippen LogP contribution in [-0.4, -0.2) is 43.2 Å². The molecule has 1 N–H and O–H groups in total. The second kappa shape index (κ2) is 8.90. The van der Waals surface area contributed by atoms with Crippen LogP contribution in [0.4, 0.5) is 11.4 Å². The first-order valence-electron chi connectivity index (χ1n) is 12.5. The summed E-state index contributed by atoms with van der Waals surface area (Å²) in [4.78, 5) is 29.4. The number of carbonyl (C=O) groups excluding carboxylic acids is 1. The van der Waals surface area contributed by atoms with Crippen LogP contribution in [0.3, 0.4) is 0 Å². The minimum atomic E-state index is -1.30. The predicted octanol–water partition coefficient (Wildman–Crippen LogP) is 5.65. The predicted molar refractivity (Wildman–Crippen MR) is 139 cm³/mol. The summed E-state index contributed by atoms with van der Waals surface area (Å²) < 4.78 is 12.7. The average Bonchev–Trinajstić information content (AvgIpc) is 3.17. The van der Waals surface area contributed by atoms with E-state index in [-0.39, 0.29) is 5.56 Å². The number of hydrogen-bond acceptors (Lipinski definition) is 6. The molecule has 2 heterocycles. The van der Waals surface area contributed by atoms with E-state index in [1.165, 1.54) is 6.07 Å². The number of nitrogens with zero attached hydrogens (tertiary/aromatic N) is 2. The van der Waals surface area contributed by atoms with Crippen molar-refractivity contribution in [2.75, 3.05) is 36.0 Å².